The van der Waals surface area contributed by atoms with Crippen LogP contribution in [0.15, 0.2) is 72.9 Å². The molecular formula is C21H22N4O2. The molecule has 1 heterocycles. The molecule has 0 saturated heterocycles. The van der Waals surface area contributed by atoms with E-state index in [1.807, 2.05) is 72.5 Å². The maximum Gasteiger partial charge on any atom is 0.313 e. The van der Waals surface area contributed by atoms with Crippen LogP contribution in [-0.4, -0.2) is 16.5 Å². The van der Waals surface area contributed by atoms with Crippen LogP contribution in [0.25, 0.3) is 0 Å². The van der Waals surface area contributed by atoms with E-state index in [4.69, 9.17) is 0 Å². The van der Waals surface area contributed by atoms with Gasteiger partial charge in [0.2, 0.25) is 5.82 Å². The second-order valence-electron chi connectivity index (χ2n) is 6.18. The molecule has 0 saturated carbocycles. The molecule has 0 atom stereocenters. The lowest BCUT2D eigenvalue weighted by molar-refractivity contribution is -0.384. The van der Waals surface area contributed by atoms with Crippen molar-refractivity contribution < 1.29 is 4.92 Å². The largest absolute Gasteiger partial charge is 0.384 e. The topological polar surface area (TPSA) is 71.3 Å². The Balaban J connectivity index is 1.99. The molecule has 0 spiro atoms. The zero-order chi connectivity index (χ0) is 19.1. The number of benzene rings is 2. The predicted molar refractivity (Wildman–Crippen MR) is 108 cm³/mol. The minimum Gasteiger partial charge on any atom is -0.384 e. The SMILES string of the molecule is CCNc1cnc(N(Cc2ccccc2)Cc2ccccc2)c([N+](=O)[O-])c1. The van der Waals surface area contributed by atoms with Crippen LogP contribution < -0.4 is 10.2 Å². The Hall–Kier alpha value is -3.41. The van der Waals surface area contributed by atoms with Gasteiger partial charge in [-0.3, -0.25) is 10.1 Å². The highest BCUT2D eigenvalue weighted by molar-refractivity contribution is 5.64. The van der Waals surface area contributed by atoms with Gasteiger partial charge in [0, 0.05) is 25.7 Å². The summed E-state index contributed by atoms with van der Waals surface area (Å²) in [5.74, 6) is 0.370. The summed E-state index contributed by atoms with van der Waals surface area (Å²) in [4.78, 5) is 17.7. The van der Waals surface area contributed by atoms with E-state index >= 15 is 0 Å². The lowest BCUT2D eigenvalue weighted by atomic mass is 10.1. The Morgan fingerprint density at radius 2 is 1.56 bits per heavy atom. The first-order valence-electron chi connectivity index (χ1n) is 8.88. The summed E-state index contributed by atoms with van der Waals surface area (Å²) in [6.45, 7) is 3.68. The minimum atomic E-state index is -0.369. The minimum absolute atomic E-state index is 0.000289. The van der Waals surface area contributed by atoms with Crippen LogP contribution in [0.5, 0.6) is 0 Å². The molecule has 6 heteroatoms. The number of nitrogens with zero attached hydrogens (tertiary/aromatic N) is 3. The van der Waals surface area contributed by atoms with Gasteiger partial charge in [-0.1, -0.05) is 60.7 Å². The first-order chi connectivity index (χ1) is 13.2. The fraction of sp³-hybridized carbons (Fsp3) is 0.190. The van der Waals surface area contributed by atoms with E-state index in [1.165, 1.54) is 0 Å². The highest BCUT2D eigenvalue weighted by atomic mass is 16.6. The molecule has 0 aliphatic carbocycles. The van der Waals surface area contributed by atoms with Gasteiger partial charge in [-0.15, -0.1) is 0 Å². The van der Waals surface area contributed by atoms with Crippen LogP contribution >= 0.6 is 0 Å². The van der Waals surface area contributed by atoms with Gasteiger partial charge in [0.05, 0.1) is 16.8 Å². The fourth-order valence-corrected chi connectivity index (χ4v) is 2.94. The van der Waals surface area contributed by atoms with Crippen molar-refractivity contribution in [2.24, 2.45) is 0 Å². The van der Waals surface area contributed by atoms with Crippen LogP contribution in [0.3, 0.4) is 0 Å². The van der Waals surface area contributed by atoms with Crippen molar-refractivity contribution in [3.63, 3.8) is 0 Å². The average Bonchev–Trinajstić information content (AvgIpc) is 2.69. The summed E-state index contributed by atoms with van der Waals surface area (Å²) in [5, 5.41) is 14.8. The second-order valence-corrected chi connectivity index (χ2v) is 6.18. The number of anilines is 2. The van der Waals surface area contributed by atoms with E-state index in [9.17, 15) is 10.1 Å². The first kappa shape index (κ1) is 18.4. The Kier molecular flexibility index (Phi) is 5.99. The molecule has 3 aromatic rings. The third-order valence-electron chi connectivity index (χ3n) is 4.16. The Bertz CT molecular complexity index is 844. The van der Waals surface area contributed by atoms with Gasteiger partial charge in [0.25, 0.3) is 0 Å². The molecule has 0 aliphatic heterocycles. The van der Waals surface area contributed by atoms with Crippen molar-refractivity contribution in [3.8, 4) is 0 Å². The van der Waals surface area contributed by atoms with Gasteiger partial charge >= 0.3 is 5.69 Å². The smallest absolute Gasteiger partial charge is 0.313 e. The van der Waals surface area contributed by atoms with Gasteiger partial charge < -0.3 is 10.2 Å². The van der Waals surface area contributed by atoms with Gasteiger partial charge in [-0.05, 0) is 18.1 Å². The normalized spacial score (nSPS) is 10.4. The maximum atomic E-state index is 11.7. The van der Waals surface area contributed by atoms with Gasteiger partial charge in [0.1, 0.15) is 0 Å². The lowest BCUT2D eigenvalue weighted by Gasteiger charge is -2.24. The van der Waals surface area contributed by atoms with E-state index in [0.29, 0.717) is 31.1 Å². The molecule has 0 radical (unpaired) electrons. The molecule has 27 heavy (non-hydrogen) atoms. The summed E-state index contributed by atoms with van der Waals surface area (Å²) in [5.41, 5.74) is 2.79. The zero-order valence-electron chi connectivity index (χ0n) is 15.2. The van der Waals surface area contributed by atoms with Crippen molar-refractivity contribution in [2.75, 3.05) is 16.8 Å². The third-order valence-corrected chi connectivity index (χ3v) is 4.16. The molecule has 1 N–H and O–H groups in total. The summed E-state index contributed by atoms with van der Waals surface area (Å²) >= 11 is 0. The van der Waals surface area contributed by atoms with Crippen LogP contribution in [-0.2, 0) is 13.1 Å². The summed E-state index contributed by atoms with van der Waals surface area (Å²) in [6, 6.07) is 21.4. The number of hydrogen-bond donors (Lipinski definition) is 1. The molecule has 2 aromatic carbocycles. The van der Waals surface area contributed by atoms with Gasteiger partial charge in [-0.2, -0.15) is 0 Å². The molecule has 6 nitrogen and oxygen atoms in total. The molecule has 0 bridgehead atoms. The molecule has 3 rings (SSSR count). The van der Waals surface area contributed by atoms with Crippen LogP contribution in [0, 0.1) is 10.1 Å². The van der Waals surface area contributed by atoms with Crippen molar-refractivity contribution in [2.45, 2.75) is 20.0 Å². The molecule has 1 aromatic heterocycles. The van der Waals surface area contributed by atoms with E-state index in [2.05, 4.69) is 10.3 Å². The Morgan fingerprint density at radius 1 is 1.00 bits per heavy atom. The Labute approximate surface area is 158 Å². The molecule has 0 fully saturated rings. The number of pyridine rings is 1. The van der Waals surface area contributed by atoms with E-state index in [-0.39, 0.29) is 10.6 Å². The molecular weight excluding hydrogens is 340 g/mol. The van der Waals surface area contributed by atoms with E-state index in [1.54, 1.807) is 12.3 Å². The summed E-state index contributed by atoms with van der Waals surface area (Å²) < 4.78 is 0. The molecule has 0 amide bonds. The average molecular weight is 362 g/mol. The van der Waals surface area contributed by atoms with E-state index in [0.717, 1.165) is 11.1 Å². The van der Waals surface area contributed by atoms with E-state index < -0.39 is 0 Å². The number of nitro groups is 1. The fourth-order valence-electron chi connectivity index (χ4n) is 2.94. The number of hydrogen-bond acceptors (Lipinski definition) is 5. The predicted octanol–water partition coefficient (Wildman–Crippen LogP) is 4.63. The molecule has 0 unspecified atom stereocenters. The van der Waals surface area contributed by atoms with Gasteiger partial charge in [0.15, 0.2) is 0 Å². The Morgan fingerprint density at radius 3 is 2.04 bits per heavy atom. The van der Waals surface area contributed by atoms with Crippen LogP contribution in [0.1, 0.15) is 18.1 Å². The van der Waals surface area contributed by atoms with Crippen LogP contribution in [0.4, 0.5) is 17.2 Å². The first-order valence-corrected chi connectivity index (χ1v) is 8.88. The lowest BCUT2D eigenvalue weighted by Crippen LogP contribution is -2.24. The van der Waals surface area contributed by atoms with Gasteiger partial charge in [-0.25, -0.2) is 4.98 Å². The zero-order valence-corrected chi connectivity index (χ0v) is 15.2. The van der Waals surface area contributed by atoms with Crippen molar-refractivity contribution in [3.05, 3.63) is 94.2 Å². The highest BCUT2D eigenvalue weighted by Gasteiger charge is 2.22. The summed E-state index contributed by atoms with van der Waals surface area (Å²) in [6.07, 6.45) is 1.65. The second kappa shape index (κ2) is 8.80. The maximum absolute atomic E-state index is 11.7. The molecule has 138 valence electrons. The van der Waals surface area contributed by atoms with Crippen molar-refractivity contribution >= 4 is 17.2 Å². The van der Waals surface area contributed by atoms with Crippen molar-refractivity contribution in [1.82, 2.24) is 4.98 Å². The monoisotopic (exact) mass is 362 g/mol. The number of rotatable bonds is 8. The summed E-state index contributed by atoms with van der Waals surface area (Å²) in [7, 11) is 0. The van der Waals surface area contributed by atoms with Crippen molar-refractivity contribution in [1.29, 1.82) is 0 Å². The number of aromatic nitrogens is 1. The molecule has 0 aliphatic rings. The standard InChI is InChI=1S/C21H22N4O2/c1-2-22-19-13-20(25(26)27)21(23-14-19)24(15-17-9-5-3-6-10-17)16-18-11-7-4-8-12-18/h3-14,22H,2,15-16H2,1H3. The quantitative estimate of drug-likeness (QED) is 0.467. The highest BCUT2D eigenvalue weighted by Crippen LogP contribution is 2.30. The third kappa shape index (κ3) is 4.82. The van der Waals surface area contributed by atoms with Crippen LogP contribution in [0.2, 0.25) is 0 Å². The number of nitrogens with one attached hydrogen (secondary N) is 1.